The number of hydrazone groups is 1. The topological polar surface area (TPSA) is 81.7 Å². The number of nitrogens with zero attached hydrogens (tertiary/aromatic N) is 3. The minimum absolute atomic E-state index is 0.310. The van der Waals surface area contributed by atoms with Crippen molar-refractivity contribution in [3.05, 3.63) is 70.9 Å². The van der Waals surface area contributed by atoms with E-state index in [1.54, 1.807) is 25.5 Å². The molecule has 0 aliphatic carbocycles. The normalized spacial score (nSPS) is 11.5. The number of ether oxygens (including phenoxy) is 1. The number of carbonyl (C=O) groups is 1. The molecule has 0 atom stereocenters. The number of nitrogens with one attached hydrogen (secondary N) is 1. The number of hydrogen-bond donors (Lipinski definition) is 1. The molecule has 0 saturated heterocycles. The van der Waals surface area contributed by atoms with E-state index in [1.165, 1.54) is 17.6 Å². The highest BCUT2D eigenvalue weighted by molar-refractivity contribution is 7.21. The van der Waals surface area contributed by atoms with Gasteiger partial charge in [-0.3, -0.25) is 4.79 Å². The molecule has 7 nitrogen and oxygen atoms in total. The molecule has 1 amide bonds. The van der Waals surface area contributed by atoms with Crippen LogP contribution in [0.1, 0.15) is 26.7 Å². The number of carbonyl (C=O) groups excluding carboxylic acids is 1. The van der Waals surface area contributed by atoms with Gasteiger partial charge in [0.05, 0.1) is 24.8 Å². The Morgan fingerprint density at radius 2 is 2.21 bits per heavy atom. The third kappa shape index (κ3) is 3.47. The van der Waals surface area contributed by atoms with Gasteiger partial charge in [0.25, 0.3) is 5.91 Å². The molecule has 4 rings (SSSR count). The van der Waals surface area contributed by atoms with Crippen LogP contribution in [-0.4, -0.2) is 28.8 Å². The van der Waals surface area contributed by atoms with Crippen LogP contribution < -0.4 is 5.43 Å². The molecule has 4 heterocycles. The predicted molar refractivity (Wildman–Crippen MR) is 108 cm³/mol. The van der Waals surface area contributed by atoms with Crippen molar-refractivity contribution in [1.29, 1.82) is 0 Å². The lowest BCUT2D eigenvalue weighted by atomic mass is 10.1. The Hall–Kier alpha value is -3.23. The molecule has 0 bridgehead atoms. The zero-order chi connectivity index (χ0) is 19.5. The molecule has 0 aliphatic heterocycles. The van der Waals surface area contributed by atoms with Crippen molar-refractivity contribution in [3.8, 4) is 5.69 Å². The first-order valence-electron chi connectivity index (χ1n) is 8.59. The number of aromatic nitrogens is 2. The van der Waals surface area contributed by atoms with Crippen LogP contribution in [0.4, 0.5) is 0 Å². The zero-order valence-electron chi connectivity index (χ0n) is 15.4. The fraction of sp³-hybridized carbons (Fsp3) is 0.150. The summed E-state index contributed by atoms with van der Waals surface area (Å²) in [5.74, 6) is 0.248. The molecule has 4 aromatic heterocycles. The Bertz CT molecular complexity index is 1130. The van der Waals surface area contributed by atoms with Crippen LogP contribution in [0, 0.1) is 6.92 Å². The first kappa shape index (κ1) is 18.1. The van der Waals surface area contributed by atoms with E-state index < -0.39 is 0 Å². The summed E-state index contributed by atoms with van der Waals surface area (Å²) in [6.45, 7) is 2.36. The molecule has 4 aromatic rings. The monoisotopic (exact) mass is 394 g/mol. The van der Waals surface area contributed by atoms with Gasteiger partial charge in [-0.15, -0.1) is 11.3 Å². The minimum Gasteiger partial charge on any atom is -0.463 e. The van der Waals surface area contributed by atoms with Crippen LogP contribution in [0.5, 0.6) is 0 Å². The van der Waals surface area contributed by atoms with Crippen molar-refractivity contribution in [2.75, 3.05) is 7.11 Å². The van der Waals surface area contributed by atoms with E-state index in [2.05, 4.69) is 15.5 Å². The SMILES string of the molecule is COCc1cc(C)nc2sc(C(=O)NN=Cc3ccco3)c(-n3cccc3)c12. The second-order valence-corrected chi connectivity index (χ2v) is 7.12. The third-order valence-electron chi connectivity index (χ3n) is 4.12. The van der Waals surface area contributed by atoms with Crippen LogP contribution in [0.15, 0.2) is 58.5 Å². The summed E-state index contributed by atoms with van der Waals surface area (Å²) in [7, 11) is 1.65. The number of thiophene rings is 1. The summed E-state index contributed by atoms with van der Waals surface area (Å²) in [5.41, 5.74) is 5.21. The summed E-state index contributed by atoms with van der Waals surface area (Å²) < 4.78 is 12.5. The molecule has 1 N–H and O–H groups in total. The van der Waals surface area contributed by atoms with Crippen molar-refractivity contribution in [3.63, 3.8) is 0 Å². The first-order valence-corrected chi connectivity index (χ1v) is 9.41. The highest BCUT2D eigenvalue weighted by atomic mass is 32.1. The number of amides is 1. The van der Waals surface area contributed by atoms with E-state index in [-0.39, 0.29) is 5.91 Å². The smallest absolute Gasteiger partial charge is 0.283 e. The fourth-order valence-corrected chi connectivity index (χ4v) is 4.17. The molecule has 0 aliphatic rings. The number of furan rings is 1. The van der Waals surface area contributed by atoms with Gasteiger partial charge in [0, 0.05) is 30.6 Å². The largest absolute Gasteiger partial charge is 0.463 e. The number of methoxy groups -OCH3 is 1. The molecule has 142 valence electrons. The molecule has 0 unspecified atom stereocenters. The zero-order valence-corrected chi connectivity index (χ0v) is 16.2. The number of fused-ring (bicyclic) bond motifs is 1. The van der Waals surface area contributed by atoms with E-state index in [0.717, 1.165) is 27.2 Å². The average Bonchev–Trinajstić information content (AvgIpc) is 3.41. The van der Waals surface area contributed by atoms with Crippen LogP contribution in [0.25, 0.3) is 15.9 Å². The Kier molecular flexibility index (Phi) is 5.05. The van der Waals surface area contributed by atoms with Gasteiger partial charge < -0.3 is 13.7 Å². The van der Waals surface area contributed by atoms with Gasteiger partial charge in [-0.1, -0.05) is 0 Å². The van der Waals surface area contributed by atoms with Crippen LogP contribution in [0.3, 0.4) is 0 Å². The molecule has 0 aromatic carbocycles. The average molecular weight is 394 g/mol. The number of rotatable bonds is 6. The standard InChI is InChI=1S/C20H18N4O3S/c1-13-10-14(12-26-2)16-17(24-7-3-4-8-24)18(28-20(16)22-13)19(25)23-21-11-15-6-5-9-27-15/h3-11H,12H2,1-2H3,(H,23,25). The molecule has 0 radical (unpaired) electrons. The molecule has 0 saturated carbocycles. The maximum Gasteiger partial charge on any atom is 0.283 e. The third-order valence-corrected chi connectivity index (χ3v) is 5.19. The number of aryl methyl sites for hydroxylation is 1. The lowest BCUT2D eigenvalue weighted by molar-refractivity contribution is 0.0959. The van der Waals surface area contributed by atoms with Gasteiger partial charge in [-0.25, -0.2) is 10.4 Å². The van der Waals surface area contributed by atoms with Gasteiger partial charge in [-0.05, 0) is 42.8 Å². The molecular weight excluding hydrogens is 376 g/mol. The molecular formula is C20H18N4O3S. The highest BCUT2D eigenvalue weighted by Crippen LogP contribution is 2.36. The Balaban J connectivity index is 1.80. The summed E-state index contributed by atoms with van der Waals surface area (Å²) in [5, 5.41) is 4.90. The van der Waals surface area contributed by atoms with Crippen LogP contribution in [0.2, 0.25) is 0 Å². The van der Waals surface area contributed by atoms with Gasteiger partial charge in [0.2, 0.25) is 0 Å². The summed E-state index contributed by atoms with van der Waals surface area (Å²) in [4.78, 5) is 18.8. The molecule has 28 heavy (non-hydrogen) atoms. The van der Waals surface area contributed by atoms with Crippen molar-refractivity contribution < 1.29 is 13.9 Å². The van der Waals surface area contributed by atoms with E-state index in [0.29, 0.717) is 17.2 Å². The Morgan fingerprint density at radius 1 is 1.39 bits per heavy atom. The van der Waals surface area contributed by atoms with E-state index in [9.17, 15) is 4.79 Å². The van der Waals surface area contributed by atoms with E-state index in [1.807, 2.05) is 42.1 Å². The van der Waals surface area contributed by atoms with Crippen molar-refractivity contribution in [2.45, 2.75) is 13.5 Å². The van der Waals surface area contributed by atoms with Gasteiger partial charge in [0.15, 0.2) is 0 Å². The minimum atomic E-state index is -0.310. The number of hydrogen-bond acceptors (Lipinski definition) is 6. The van der Waals surface area contributed by atoms with Crippen molar-refractivity contribution in [1.82, 2.24) is 15.0 Å². The van der Waals surface area contributed by atoms with E-state index in [4.69, 9.17) is 9.15 Å². The summed E-state index contributed by atoms with van der Waals surface area (Å²) in [6, 6.07) is 9.33. The Morgan fingerprint density at radius 3 is 2.93 bits per heavy atom. The van der Waals surface area contributed by atoms with E-state index >= 15 is 0 Å². The molecule has 0 fully saturated rings. The maximum absolute atomic E-state index is 12.9. The maximum atomic E-state index is 12.9. The summed E-state index contributed by atoms with van der Waals surface area (Å²) >= 11 is 1.34. The second kappa shape index (κ2) is 7.79. The van der Waals surface area contributed by atoms with Gasteiger partial charge >= 0.3 is 0 Å². The summed E-state index contributed by atoms with van der Waals surface area (Å²) in [6.07, 6.45) is 6.81. The highest BCUT2D eigenvalue weighted by Gasteiger charge is 2.23. The number of pyridine rings is 1. The van der Waals surface area contributed by atoms with Crippen molar-refractivity contribution >= 4 is 33.7 Å². The van der Waals surface area contributed by atoms with Gasteiger partial charge in [0.1, 0.15) is 15.5 Å². The van der Waals surface area contributed by atoms with Crippen LogP contribution >= 0.6 is 11.3 Å². The fourth-order valence-electron chi connectivity index (χ4n) is 3.02. The Labute approximate surface area is 165 Å². The lowest BCUT2D eigenvalue weighted by Gasteiger charge is -2.09. The van der Waals surface area contributed by atoms with Crippen LogP contribution in [-0.2, 0) is 11.3 Å². The first-order chi connectivity index (χ1) is 13.7. The van der Waals surface area contributed by atoms with Gasteiger partial charge in [-0.2, -0.15) is 5.10 Å². The van der Waals surface area contributed by atoms with Crippen molar-refractivity contribution in [2.24, 2.45) is 5.10 Å². The molecule has 8 heteroatoms. The second-order valence-electron chi connectivity index (χ2n) is 6.12. The lowest BCUT2D eigenvalue weighted by Crippen LogP contribution is -2.18. The predicted octanol–water partition coefficient (Wildman–Crippen LogP) is 3.90. The molecule has 0 spiro atoms. The quantitative estimate of drug-likeness (QED) is 0.397.